The lowest BCUT2D eigenvalue weighted by atomic mass is 9.77. The Bertz CT molecular complexity index is 1000. The van der Waals surface area contributed by atoms with Gasteiger partial charge >= 0.3 is 0 Å². The fourth-order valence-corrected chi connectivity index (χ4v) is 4.22. The molecule has 27 heavy (non-hydrogen) atoms. The summed E-state index contributed by atoms with van der Waals surface area (Å²) in [6, 6.07) is 9.90. The van der Waals surface area contributed by atoms with Gasteiger partial charge in [-0.05, 0) is 18.4 Å². The second-order valence-electron chi connectivity index (χ2n) is 6.95. The maximum absolute atomic E-state index is 10.7. The van der Waals surface area contributed by atoms with E-state index in [4.69, 9.17) is 4.84 Å². The van der Waals surface area contributed by atoms with Crippen LogP contribution in [0.25, 0.3) is 11.2 Å². The molecule has 1 aliphatic carbocycles. The fraction of sp³-hybridized carbons (Fsp3) is 0.368. The van der Waals surface area contributed by atoms with E-state index < -0.39 is 6.10 Å². The summed E-state index contributed by atoms with van der Waals surface area (Å²) in [5, 5.41) is 18.1. The summed E-state index contributed by atoms with van der Waals surface area (Å²) in [6.45, 7) is 0. The molecule has 0 amide bonds. The van der Waals surface area contributed by atoms with Crippen molar-refractivity contribution >= 4 is 22.7 Å². The minimum absolute atomic E-state index is 0.00651. The summed E-state index contributed by atoms with van der Waals surface area (Å²) < 4.78 is 2.03. The number of hydrogen-bond donors (Lipinski definition) is 2. The van der Waals surface area contributed by atoms with Crippen LogP contribution in [0.5, 0.6) is 0 Å². The molecule has 1 aliphatic heterocycles. The molecule has 4 atom stereocenters. The molecular formula is C19H20N6O2. The predicted octanol–water partition coefficient (Wildman–Crippen LogP) is 1.98. The number of nitrogens with zero attached hydrogens (tertiary/aromatic N) is 5. The van der Waals surface area contributed by atoms with Gasteiger partial charge in [-0.3, -0.25) is 0 Å². The summed E-state index contributed by atoms with van der Waals surface area (Å²) in [6.07, 6.45) is 4.01. The molecule has 2 aromatic heterocycles. The monoisotopic (exact) mass is 364 g/mol. The van der Waals surface area contributed by atoms with E-state index in [0.717, 1.165) is 28.9 Å². The number of fused-ring (bicyclic) bond motifs is 2. The number of aliphatic hydroxyl groups is 1. The second-order valence-corrected chi connectivity index (χ2v) is 6.95. The summed E-state index contributed by atoms with van der Waals surface area (Å²) in [7, 11) is 1.81. The summed E-state index contributed by atoms with van der Waals surface area (Å²) >= 11 is 0. The zero-order valence-electron chi connectivity index (χ0n) is 14.9. The first-order chi connectivity index (χ1) is 13.3. The van der Waals surface area contributed by atoms with Gasteiger partial charge < -0.3 is 19.8 Å². The molecule has 0 bridgehead atoms. The molecule has 0 saturated heterocycles. The third kappa shape index (κ3) is 2.48. The molecule has 8 nitrogen and oxygen atoms in total. The standard InChI is InChI=1S/C19H20N6O2/c1-20-18-16-19(22-9-21-18)25(10-23-16)12-7-8-13(26)14-15(24-27-17(12)14)11-5-3-2-4-6-11/h2-6,9-10,12-14,17,26H,7-8H2,1H3,(H,20,21,22)/t12-,13+,14+,17+/m1/s1. The van der Waals surface area contributed by atoms with Gasteiger partial charge in [0.2, 0.25) is 0 Å². The average Bonchev–Trinajstić information content (AvgIpc) is 3.34. The molecule has 3 aromatic rings. The molecule has 1 aromatic carbocycles. The molecule has 138 valence electrons. The molecule has 1 fully saturated rings. The largest absolute Gasteiger partial charge is 0.392 e. The third-order valence-electron chi connectivity index (χ3n) is 5.52. The van der Waals surface area contributed by atoms with Crippen molar-refractivity contribution in [2.24, 2.45) is 11.1 Å². The molecule has 5 rings (SSSR count). The Balaban J connectivity index is 1.53. The molecular weight excluding hydrogens is 344 g/mol. The van der Waals surface area contributed by atoms with Crippen molar-refractivity contribution in [3.8, 4) is 0 Å². The van der Waals surface area contributed by atoms with Gasteiger partial charge in [-0.1, -0.05) is 35.5 Å². The van der Waals surface area contributed by atoms with Crippen LogP contribution in [0.1, 0.15) is 24.4 Å². The van der Waals surface area contributed by atoms with Crippen molar-refractivity contribution in [2.75, 3.05) is 12.4 Å². The Kier molecular flexibility index (Phi) is 3.78. The van der Waals surface area contributed by atoms with Crippen LogP contribution in [-0.4, -0.2) is 49.6 Å². The minimum atomic E-state index is -0.481. The Labute approximate surface area is 155 Å². The minimum Gasteiger partial charge on any atom is -0.392 e. The van der Waals surface area contributed by atoms with Gasteiger partial charge in [-0.15, -0.1) is 0 Å². The number of hydrogen-bond acceptors (Lipinski definition) is 7. The highest BCUT2D eigenvalue weighted by atomic mass is 16.6. The van der Waals surface area contributed by atoms with Crippen LogP contribution in [0.4, 0.5) is 5.82 Å². The van der Waals surface area contributed by atoms with Crippen molar-refractivity contribution in [2.45, 2.75) is 31.1 Å². The van der Waals surface area contributed by atoms with E-state index in [-0.39, 0.29) is 18.1 Å². The number of nitrogens with one attached hydrogen (secondary N) is 1. The van der Waals surface area contributed by atoms with Crippen molar-refractivity contribution in [3.63, 3.8) is 0 Å². The molecule has 2 aliphatic rings. The first-order valence-corrected chi connectivity index (χ1v) is 9.10. The molecule has 1 saturated carbocycles. The molecule has 8 heteroatoms. The number of oxime groups is 1. The van der Waals surface area contributed by atoms with Gasteiger partial charge in [0.1, 0.15) is 11.8 Å². The van der Waals surface area contributed by atoms with E-state index in [1.807, 2.05) is 41.9 Å². The SMILES string of the molecule is CNc1ncnc2c1ncn2[C@@H]1CC[C@H](O)[C@H]2C(c3ccccc3)=NO[C@H]21. The van der Waals surface area contributed by atoms with Gasteiger partial charge in [0.25, 0.3) is 0 Å². The Morgan fingerprint density at radius 2 is 2.00 bits per heavy atom. The average molecular weight is 364 g/mol. The molecule has 0 spiro atoms. The number of rotatable bonds is 3. The zero-order chi connectivity index (χ0) is 18.4. The van der Waals surface area contributed by atoms with Crippen LogP contribution in [0.3, 0.4) is 0 Å². The lowest BCUT2D eigenvalue weighted by Crippen LogP contribution is -2.44. The molecule has 3 heterocycles. The molecule has 2 N–H and O–H groups in total. The topological polar surface area (TPSA) is 97.5 Å². The Morgan fingerprint density at radius 1 is 1.15 bits per heavy atom. The van der Waals surface area contributed by atoms with E-state index in [1.54, 1.807) is 6.33 Å². The van der Waals surface area contributed by atoms with Gasteiger partial charge in [-0.25, -0.2) is 15.0 Å². The van der Waals surface area contributed by atoms with Crippen molar-refractivity contribution in [3.05, 3.63) is 48.5 Å². The second kappa shape index (κ2) is 6.31. The van der Waals surface area contributed by atoms with Crippen LogP contribution in [0.2, 0.25) is 0 Å². The maximum Gasteiger partial charge on any atom is 0.165 e. The third-order valence-corrected chi connectivity index (χ3v) is 5.52. The summed E-state index contributed by atoms with van der Waals surface area (Å²) in [4.78, 5) is 19.0. The Hall–Kier alpha value is -3.00. The number of anilines is 1. The van der Waals surface area contributed by atoms with E-state index in [1.165, 1.54) is 6.33 Å². The van der Waals surface area contributed by atoms with E-state index >= 15 is 0 Å². The van der Waals surface area contributed by atoms with Crippen LogP contribution >= 0.6 is 0 Å². The van der Waals surface area contributed by atoms with Gasteiger partial charge in [0, 0.05) is 7.05 Å². The van der Waals surface area contributed by atoms with Gasteiger partial charge in [0.05, 0.1) is 30.1 Å². The lowest BCUT2D eigenvalue weighted by molar-refractivity contribution is -0.0444. The maximum atomic E-state index is 10.7. The van der Waals surface area contributed by atoms with Crippen LogP contribution in [0, 0.1) is 5.92 Å². The zero-order valence-corrected chi connectivity index (χ0v) is 14.9. The smallest absolute Gasteiger partial charge is 0.165 e. The van der Waals surface area contributed by atoms with E-state index in [0.29, 0.717) is 12.2 Å². The number of imidazole rings is 1. The first-order valence-electron chi connectivity index (χ1n) is 9.10. The molecule has 0 unspecified atom stereocenters. The quantitative estimate of drug-likeness (QED) is 0.738. The van der Waals surface area contributed by atoms with Crippen LogP contribution in [-0.2, 0) is 4.84 Å². The molecule has 0 radical (unpaired) electrons. The van der Waals surface area contributed by atoms with E-state index in [2.05, 4.69) is 25.4 Å². The van der Waals surface area contributed by atoms with Crippen LogP contribution < -0.4 is 5.32 Å². The highest BCUT2D eigenvalue weighted by Crippen LogP contribution is 2.42. The number of aromatic nitrogens is 4. The van der Waals surface area contributed by atoms with Crippen LogP contribution in [0.15, 0.2) is 48.1 Å². The highest BCUT2D eigenvalue weighted by Gasteiger charge is 2.48. The van der Waals surface area contributed by atoms with Crippen molar-refractivity contribution in [1.82, 2.24) is 19.5 Å². The van der Waals surface area contributed by atoms with Crippen molar-refractivity contribution in [1.29, 1.82) is 0 Å². The van der Waals surface area contributed by atoms with Gasteiger partial charge in [-0.2, -0.15) is 0 Å². The van der Waals surface area contributed by atoms with E-state index in [9.17, 15) is 5.11 Å². The number of benzene rings is 1. The fourth-order valence-electron chi connectivity index (χ4n) is 4.22. The Morgan fingerprint density at radius 3 is 2.81 bits per heavy atom. The first kappa shape index (κ1) is 16.2. The predicted molar refractivity (Wildman–Crippen MR) is 100 cm³/mol. The number of aliphatic hydroxyl groups excluding tert-OH is 1. The van der Waals surface area contributed by atoms with Gasteiger partial charge in [0.15, 0.2) is 17.6 Å². The summed E-state index contributed by atoms with van der Waals surface area (Å²) in [5.74, 6) is 0.522. The summed E-state index contributed by atoms with van der Waals surface area (Å²) in [5.41, 5.74) is 3.28. The van der Waals surface area contributed by atoms with Crippen molar-refractivity contribution < 1.29 is 9.94 Å². The highest BCUT2D eigenvalue weighted by molar-refractivity contribution is 6.03. The normalized spacial score (nSPS) is 27.1. The lowest BCUT2D eigenvalue weighted by Gasteiger charge is -2.36.